The minimum Gasteiger partial charge on any atom is -0.331 e. The number of carbonyl (C=O) groups is 1. The molecule has 1 unspecified atom stereocenters. The second-order valence-corrected chi connectivity index (χ2v) is 6.61. The summed E-state index contributed by atoms with van der Waals surface area (Å²) in [5.41, 5.74) is 2.32. The van der Waals surface area contributed by atoms with Crippen LogP contribution in [0.1, 0.15) is 40.5 Å². The Bertz CT molecular complexity index is 925. The van der Waals surface area contributed by atoms with Crippen molar-refractivity contribution in [1.29, 1.82) is 0 Å². The monoisotopic (exact) mass is 328 g/mol. The molecule has 0 aliphatic carbocycles. The number of amides is 1. The maximum atomic E-state index is 12.9. The molecule has 1 aliphatic rings. The van der Waals surface area contributed by atoms with Gasteiger partial charge in [0, 0.05) is 18.8 Å². The van der Waals surface area contributed by atoms with Crippen molar-refractivity contribution in [1.82, 2.24) is 19.5 Å². The van der Waals surface area contributed by atoms with Gasteiger partial charge in [0.2, 0.25) is 0 Å². The molecule has 1 fully saturated rings. The largest absolute Gasteiger partial charge is 0.331 e. The highest BCUT2D eigenvalue weighted by atomic mass is 32.1. The van der Waals surface area contributed by atoms with Crippen molar-refractivity contribution in [2.45, 2.75) is 25.8 Å². The highest BCUT2D eigenvalue weighted by molar-refractivity contribution is 7.08. The van der Waals surface area contributed by atoms with Crippen molar-refractivity contribution in [3.05, 3.63) is 56.3 Å². The molecule has 1 N–H and O–H groups in total. The number of thiophene rings is 1. The molecule has 0 spiro atoms. The Morgan fingerprint density at radius 2 is 2.35 bits per heavy atom. The van der Waals surface area contributed by atoms with Crippen molar-refractivity contribution in [3.8, 4) is 0 Å². The summed E-state index contributed by atoms with van der Waals surface area (Å²) in [6.07, 6.45) is 3.42. The van der Waals surface area contributed by atoms with Gasteiger partial charge in [0.05, 0.1) is 11.7 Å². The van der Waals surface area contributed by atoms with Crippen LogP contribution in [0.15, 0.2) is 33.9 Å². The van der Waals surface area contributed by atoms with Crippen LogP contribution < -0.4 is 5.56 Å². The number of carbonyl (C=O) groups excluding carboxylic acids is 1. The quantitative estimate of drug-likeness (QED) is 0.785. The Balaban J connectivity index is 1.73. The molecule has 1 aliphatic heterocycles. The normalized spacial score (nSPS) is 18.0. The fourth-order valence-corrected chi connectivity index (χ4v) is 3.91. The van der Waals surface area contributed by atoms with Gasteiger partial charge in [0.15, 0.2) is 0 Å². The summed E-state index contributed by atoms with van der Waals surface area (Å²) in [4.78, 5) is 29.7. The SMILES string of the molecule is Cc1cc2[nH]c(=O)c(C(=O)N3CCCC3c3ccsc3)cn2n1. The molecular formula is C16H16N4O2S. The van der Waals surface area contributed by atoms with Crippen molar-refractivity contribution in [3.63, 3.8) is 0 Å². The molecule has 0 saturated carbocycles. The molecule has 118 valence electrons. The molecule has 23 heavy (non-hydrogen) atoms. The maximum absolute atomic E-state index is 12.9. The smallest absolute Gasteiger partial charge is 0.264 e. The van der Waals surface area contributed by atoms with E-state index in [1.54, 1.807) is 26.8 Å². The van der Waals surface area contributed by atoms with Crippen LogP contribution in [-0.2, 0) is 0 Å². The van der Waals surface area contributed by atoms with E-state index in [1.807, 2.05) is 18.4 Å². The maximum Gasteiger partial charge on any atom is 0.264 e. The molecular weight excluding hydrogens is 312 g/mol. The molecule has 6 nitrogen and oxygen atoms in total. The van der Waals surface area contributed by atoms with Crippen LogP contribution in [0.5, 0.6) is 0 Å². The van der Waals surface area contributed by atoms with Crippen LogP contribution in [0.4, 0.5) is 0 Å². The Hall–Kier alpha value is -2.41. The Morgan fingerprint density at radius 3 is 3.13 bits per heavy atom. The molecule has 0 aromatic carbocycles. The minimum absolute atomic E-state index is 0.0585. The van der Waals surface area contributed by atoms with Crippen LogP contribution in [0.2, 0.25) is 0 Å². The number of hydrogen-bond acceptors (Lipinski definition) is 4. The first-order valence-corrected chi connectivity index (χ1v) is 8.50. The molecule has 4 rings (SSSR count). The number of nitrogens with one attached hydrogen (secondary N) is 1. The molecule has 0 bridgehead atoms. The van der Waals surface area contributed by atoms with Gasteiger partial charge in [-0.15, -0.1) is 0 Å². The number of hydrogen-bond donors (Lipinski definition) is 1. The molecule has 3 aromatic rings. The third-order valence-corrected chi connectivity index (χ3v) is 4.97. The molecule has 3 aromatic heterocycles. The van der Waals surface area contributed by atoms with Crippen molar-refractivity contribution >= 4 is 22.9 Å². The molecule has 7 heteroatoms. The zero-order chi connectivity index (χ0) is 16.0. The van der Waals surface area contributed by atoms with Gasteiger partial charge in [-0.05, 0) is 42.2 Å². The van der Waals surface area contributed by atoms with E-state index in [4.69, 9.17) is 0 Å². The number of H-pyrrole nitrogens is 1. The zero-order valence-electron chi connectivity index (χ0n) is 12.7. The third-order valence-electron chi connectivity index (χ3n) is 4.27. The van der Waals surface area contributed by atoms with E-state index in [1.165, 1.54) is 6.20 Å². The molecule has 1 amide bonds. The van der Waals surface area contributed by atoms with Crippen molar-refractivity contribution in [2.24, 2.45) is 0 Å². The lowest BCUT2D eigenvalue weighted by molar-refractivity contribution is 0.0733. The van der Waals surface area contributed by atoms with E-state index in [-0.39, 0.29) is 23.1 Å². The fourth-order valence-electron chi connectivity index (χ4n) is 3.20. The number of rotatable bonds is 2. The van der Waals surface area contributed by atoms with E-state index in [0.29, 0.717) is 12.2 Å². The zero-order valence-corrected chi connectivity index (χ0v) is 13.5. The highest BCUT2D eigenvalue weighted by Crippen LogP contribution is 2.33. The van der Waals surface area contributed by atoms with E-state index >= 15 is 0 Å². The molecule has 0 radical (unpaired) electrons. The molecule has 1 saturated heterocycles. The lowest BCUT2D eigenvalue weighted by Crippen LogP contribution is -2.34. The van der Waals surface area contributed by atoms with Crippen LogP contribution >= 0.6 is 11.3 Å². The number of aromatic nitrogens is 3. The van der Waals surface area contributed by atoms with Gasteiger partial charge in [-0.25, -0.2) is 4.52 Å². The van der Waals surface area contributed by atoms with Gasteiger partial charge in [0.25, 0.3) is 11.5 Å². The summed E-state index contributed by atoms with van der Waals surface area (Å²) in [6, 6.07) is 3.88. The first-order valence-electron chi connectivity index (χ1n) is 7.56. The van der Waals surface area contributed by atoms with Crippen LogP contribution in [0, 0.1) is 6.92 Å². The predicted molar refractivity (Wildman–Crippen MR) is 87.9 cm³/mol. The summed E-state index contributed by atoms with van der Waals surface area (Å²) in [6.45, 7) is 2.52. The van der Waals surface area contributed by atoms with Crippen molar-refractivity contribution in [2.75, 3.05) is 6.54 Å². The number of nitrogens with zero attached hydrogens (tertiary/aromatic N) is 3. The second-order valence-electron chi connectivity index (χ2n) is 5.83. The Morgan fingerprint density at radius 1 is 1.48 bits per heavy atom. The standard InChI is InChI=1S/C16H16N4O2S/c1-10-7-14-17-15(21)12(8-20(14)18-10)16(22)19-5-2-3-13(19)11-4-6-23-9-11/h4,6-9,13H,2-3,5H2,1H3,(H,17,21). The van der Waals surface area contributed by atoms with Gasteiger partial charge >= 0.3 is 0 Å². The van der Waals surface area contributed by atoms with E-state index in [9.17, 15) is 9.59 Å². The first-order chi connectivity index (χ1) is 11.1. The predicted octanol–water partition coefficient (Wildman–Crippen LogP) is 2.37. The minimum atomic E-state index is -0.363. The van der Waals surface area contributed by atoms with E-state index < -0.39 is 0 Å². The van der Waals surface area contributed by atoms with Gasteiger partial charge in [-0.1, -0.05) is 0 Å². The Kier molecular flexibility index (Phi) is 3.30. The summed E-state index contributed by atoms with van der Waals surface area (Å²) < 4.78 is 1.56. The second kappa shape index (κ2) is 5.34. The highest BCUT2D eigenvalue weighted by Gasteiger charge is 2.32. The first kappa shape index (κ1) is 14.2. The number of fused-ring (bicyclic) bond motifs is 1. The van der Waals surface area contributed by atoms with Crippen molar-refractivity contribution < 1.29 is 4.79 Å². The van der Waals surface area contributed by atoms with Gasteiger partial charge in [0.1, 0.15) is 11.2 Å². The average Bonchev–Trinajstić information content (AvgIpc) is 3.24. The van der Waals surface area contributed by atoms with Crippen LogP contribution in [0.3, 0.4) is 0 Å². The van der Waals surface area contributed by atoms with Crippen LogP contribution in [0.25, 0.3) is 5.65 Å². The molecule has 4 heterocycles. The topological polar surface area (TPSA) is 70.5 Å². The summed E-state index contributed by atoms with van der Waals surface area (Å²) in [7, 11) is 0. The van der Waals surface area contributed by atoms with E-state index in [2.05, 4.69) is 15.5 Å². The van der Waals surface area contributed by atoms with Gasteiger partial charge in [-0.2, -0.15) is 16.4 Å². The number of aromatic amines is 1. The summed E-state index contributed by atoms with van der Waals surface area (Å²) >= 11 is 1.62. The van der Waals surface area contributed by atoms with E-state index in [0.717, 1.165) is 24.1 Å². The van der Waals surface area contributed by atoms with Crippen LogP contribution in [-0.4, -0.2) is 31.9 Å². The summed E-state index contributed by atoms with van der Waals surface area (Å²) in [5.74, 6) is -0.227. The lowest BCUT2D eigenvalue weighted by atomic mass is 10.1. The molecule has 1 atom stereocenters. The fraction of sp³-hybridized carbons (Fsp3) is 0.312. The van der Waals surface area contributed by atoms with Gasteiger partial charge in [-0.3, -0.25) is 9.59 Å². The van der Waals surface area contributed by atoms with Gasteiger partial charge < -0.3 is 9.88 Å². The summed E-state index contributed by atoms with van der Waals surface area (Å²) in [5, 5.41) is 8.36. The third kappa shape index (κ3) is 2.37. The lowest BCUT2D eigenvalue weighted by Gasteiger charge is -2.23. The number of likely N-dealkylation sites (tertiary alicyclic amines) is 1. The number of aryl methyl sites for hydroxylation is 1. The Labute approximate surface area is 136 Å². The average molecular weight is 328 g/mol.